The first-order valence-electron chi connectivity index (χ1n) is 11.1. The zero-order valence-corrected chi connectivity index (χ0v) is 17.5. The van der Waals surface area contributed by atoms with Gasteiger partial charge < -0.3 is 15.1 Å². The molecule has 4 rings (SSSR count). The topological polar surface area (TPSA) is 64.0 Å². The molecule has 1 aliphatic heterocycles. The number of nitrogens with zero attached hydrogens (tertiary/aromatic N) is 2. The summed E-state index contributed by atoms with van der Waals surface area (Å²) in [6.45, 7) is 3.27. The Morgan fingerprint density at radius 2 is 1.57 bits per heavy atom. The third kappa shape index (κ3) is 4.68. The molecule has 1 saturated carbocycles. The molecule has 0 bridgehead atoms. The van der Waals surface area contributed by atoms with Crippen molar-refractivity contribution in [3.05, 3.63) is 60.2 Å². The number of benzene rings is 2. The molecular weight excluding hydrogens is 376 g/mol. The summed E-state index contributed by atoms with van der Waals surface area (Å²) in [5.41, 5.74) is 2.84. The summed E-state index contributed by atoms with van der Waals surface area (Å²) in [4.78, 5) is 15.1. The Kier molecular flexibility index (Phi) is 6.40. The van der Waals surface area contributed by atoms with Crippen LogP contribution in [-0.2, 0) is 0 Å². The molecule has 1 amide bonds. The number of piperazine rings is 1. The van der Waals surface area contributed by atoms with E-state index >= 15 is 0 Å². The predicted molar refractivity (Wildman–Crippen MR) is 119 cm³/mol. The van der Waals surface area contributed by atoms with Gasteiger partial charge >= 0.3 is 6.09 Å². The van der Waals surface area contributed by atoms with Crippen molar-refractivity contribution in [1.82, 2.24) is 9.80 Å². The molecule has 1 atom stereocenters. The fourth-order valence-corrected chi connectivity index (χ4v) is 5.04. The van der Waals surface area contributed by atoms with E-state index in [2.05, 4.69) is 53.4 Å². The number of hydrogen-bond donors (Lipinski definition) is 2. The third-order valence-electron chi connectivity index (χ3n) is 6.85. The van der Waals surface area contributed by atoms with Gasteiger partial charge in [-0.1, -0.05) is 73.9 Å². The van der Waals surface area contributed by atoms with Crippen LogP contribution < -0.4 is 0 Å². The van der Waals surface area contributed by atoms with Gasteiger partial charge in [-0.05, 0) is 29.5 Å². The summed E-state index contributed by atoms with van der Waals surface area (Å²) in [6, 6.07) is 19.0. The lowest BCUT2D eigenvalue weighted by Gasteiger charge is -2.43. The summed E-state index contributed by atoms with van der Waals surface area (Å²) in [7, 11) is 0. The highest BCUT2D eigenvalue weighted by molar-refractivity contribution is 5.65. The Balaban J connectivity index is 1.59. The van der Waals surface area contributed by atoms with Crippen LogP contribution in [0.1, 0.15) is 43.6 Å². The van der Waals surface area contributed by atoms with Crippen molar-refractivity contribution in [3.63, 3.8) is 0 Å². The van der Waals surface area contributed by atoms with Crippen LogP contribution in [0.25, 0.3) is 11.1 Å². The Bertz CT molecular complexity index is 840. The van der Waals surface area contributed by atoms with E-state index in [0.29, 0.717) is 13.1 Å². The van der Waals surface area contributed by atoms with E-state index in [1.807, 2.05) is 6.07 Å². The summed E-state index contributed by atoms with van der Waals surface area (Å²) in [5, 5.41) is 20.9. The zero-order chi connectivity index (χ0) is 21.0. The fraction of sp³-hybridized carbons (Fsp3) is 0.480. The largest absolute Gasteiger partial charge is 0.465 e. The average molecular weight is 409 g/mol. The molecule has 1 heterocycles. The summed E-state index contributed by atoms with van der Waals surface area (Å²) >= 11 is 0. The van der Waals surface area contributed by atoms with Crippen LogP contribution in [0.15, 0.2) is 54.6 Å². The second-order valence-electron chi connectivity index (χ2n) is 8.78. The van der Waals surface area contributed by atoms with Crippen LogP contribution in [0.3, 0.4) is 0 Å². The second kappa shape index (κ2) is 9.19. The van der Waals surface area contributed by atoms with E-state index in [1.165, 1.54) is 28.0 Å². The molecule has 0 aromatic heterocycles. The van der Waals surface area contributed by atoms with Gasteiger partial charge in [-0.3, -0.25) is 4.90 Å². The first kappa shape index (κ1) is 20.9. The molecule has 5 nitrogen and oxygen atoms in total. The van der Waals surface area contributed by atoms with Gasteiger partial charge in [-0.25, -0.2) is 4.79 Å². The van der Waals surface area contributed by atoms with Gasteiger partial charge in [0.1, 0.15) is 0 Å². The van der Waals surface area contributed by atoms with Crippen LogP contribution in [0.2, 0.25) is 0 Å². The minimum atomic E-state index is -0.840. The van der Waals surface area contributed by atoms with Crippen molar-refractivity contribution < 1.29 is 15.0 Å². The van der Waals surface area contributed by atoms with Gasteiger partial charge in [0, 0.05) is 38.6 Å². The van der Waals surface area contributed by atoms with Crippen molar-refractivity contribution in [1.29, 1.82) is 0 Å². The summed E-state index contributed by atoms with van der Waals surface area (Å²) in [6.07, 6.45) is 4.16. The lowest BCUT2D eigenvalue weighted by Crippen LogP contribution is -2.51. The SMILES string of the molecule is O=C(O)N1CCN(CC(c2cccc(-c3ccccc3)c2)C2(O)CCCCC2)CC1. The van der Waals surface area contributed by atoms with Crippen LogP contribution in [-0.4, -0.2) is 64.4 Å². The van der Waals surface area contributed by atoms with Gasteiger partial charge in [0.15, 0.2) is 0 Å². The molecule has 0 spiro atoms. The molecular formula is C25H32N2O3. The van der Waals surface area contributed by atoms with Crippen LogP contribution in [0.5, 0.6) is 0 Å². The average Bonchev–Trinajstić information content (AvgIpc) is 2.79. The fourth-order valence-electron chi connectivity index (χ4n) is 5.04. The van der Waals surface area contributed by atoms with Gasteiger partial charge in [0.2, 0.25) is 0 Å². The van der Waals surface area contributed by atoms with Crippen molar-refractivity contribution in [2.45, 2.75) is 43.6 Å². The molecule has 2 aromatic carbocycles. The van der Waals surface area contributed by atoms with Crippen LogP contribution >= 0.6 is 0 Å². The van der Waals surface area contributed by atoms with E-state index in [-0.39, 0.29) is 5.92 Å². The van der Waals surface area contributed by atoms with E-state index in [4.69, 9.17) is 0 Å². The monoisotopic (exact) mass is 408 g/mol. The van der Waals surface area contributed by atoms with Gasteiger partial charge in [-0.2, -0.15) is 0 Å². The quantitative estimate of drug-likeness (QED) is 0.768. The molecule has 2 aliphatic rings. The number of aliphatic hydroxyl groups is 1. The van der Waals surface area contributed by atoms with Crippen molar-refractivity contribution in [2.24, 2.45) is 0 Å². The molecule has 30 heavy (non-hydrogen) atoms. The normalized spacial score (nSPS) is 20.6. The maximum absolute atomic E-state index is 11.7. The summed E-state index contributed by atoms with van der Waals surface area (Å²) in [5.74, 6) is 0.0258. The number of hydrogen-bond acceptors (Lipinski definition) is 3. The molecule has 2 aromatic rings. The highest BCUT2D eigenvalue weighted by Gasteiger charge is 2.40. The highest BCUT2D eigenvalue weighted by atomic mass is 16.4. The molecule has 2 fully saturated rings. The Morgan fingerprint density at radius 1 is 0.900 bits per heavy atom. The van der Waals surface area contributed by atoms with Crippen LogP contribution in [0.4, 0.5) is 4.79 Å². The van der Waals surface area contributed by atoms with Gasteiger partial charge in [0.25, 0.3) is 0 Å². The van der Waals surface area contributed by atoms with Gasteiger partial charge in [0.05, 0.1) is 5.60 Å². The standard InChI is InChI=1S/C25H32N2O3/c28-24(29)27-16-14-26(15-17-27)19-23(25(30)12-5-2-6-13-25)22-11-7-10-21(18-22)20-8-3-1-4-9-20/h1,3-4,7-11,18,23,30H,2,5-6,12-17,19H2,(H,28,29). The summed E-state index contributed by atoms with van der Waals surface area (Å²) < 4.78 is 0. The maximum atomic E-state index is 11.7. The Morgan fingerprint density at radius 3 is 2.23 bits per heavy atom. The maximum Gasteiger partial charge on any atom is 0.407 e. The van der Waals surface area contributed by atoms with Crippen molar-refractivity contribution in [3.8, 4) is 11.1 Å². The highest BCUT2D eigenvalue weighted by Crippen LogP contribution is 2.41. The first-order chi connectivity index (χ1) is 14.5. The lowest BCUT2D eigenvalue weighted by molar-refractivity contribution is -0.0338. The van der Waals surface area contributed by atoms with Crippen molar-refractivity contribution in [2.75, 3.05) is 32.7 Å². The Labute approximate surface area is 178 Å². The minimum absolute atomic E-state index is 0.0258. The van der Waals surface area contributed by atoms with Crippen molar-refractivity contribution >= 4 is 6.09 Å². The molecule has 2 N–H and O–H groups in total. The van der Waals surface area contributed by atoms with E-state index in [9.17, 15) is 15.0 Å². The minimum Gasteiger partial charge on any atom is -0.465 e. The number of carbonyl (C=O) groups is 1. The molecule has 1 unspecified atom stereocenters. The first-order valence-corrected chi connectivity index (χ1v) is 11.1. The van der Waals surface area contributed by atoms with E-state index in [0.717, 1.165) is 45.3 Å². The molecule has 1 saturated heterocycles. The third-order valence-corrected chi connectivity index (χ3v) is 6.85. The molecule has 1 aliphatic carbocycles. The van der Waals surface area contributed by atoms with E-state index < -0.39 is 11.7 Å². The number of rotatable bonds is 5. The second-order valence-corrected chi connectivity index (χ2v) is 8.78. The Hall–Kier alpha value is -2.37. The van der Waals surface area contributed by atoms with Gasteiger partial charge in [-0.15, -0.1) is 0 Å². The molecule has 160 valence electrons. The zero-order valence-electron chi connectivity index (χ0n) is 17.5. The molecule has 5 heteroatoms. The smallest absolute Gasteiger partial charge is 0.407 e. The predicted octanol–water partition coefficient (Wildman–Crippen LogP) is 4.43. The van der Waals surface area contributed by atoms with E-state index in [1.54, 1.807) is 0 Å². The molecule has 0 radical (unpaired) electrons. The number of carboxylic acid groups (broad SMARTS) is 1. The lowest BCUT2D eigenvalue weighted by atomic mass is 9.72. The van der Waals surface area contributed by atoms with Crippen LogP contribution in [0, 0.1) is 0 Å². The number of amides is 1.